The van der Waals surface area contributed by atoms with Crippen LogP contribution in [0.25, 0.3) is 0 Å². The van der Waals surface area contributed by atoms with Crippen LogP contribution in [0.15, 0.2) is 16.7 Å². The van der Waals surface area contributed by atoms with Gasteiger partial charge in [0.1, 0.15) is 5.82 Å². The third-order valence-electron chi connectivity index (χ3n) is 1.87. The SMILES string of the molecule is CC(Br)CC(C)Nc1ncc(Br)cc1Cl. The van der Waals surface area contributed by atoms with E-state index in [1.165, 1.54) is 0 Å². The molecule has 0 bridgehead atoms. The van der Waals surface area contributed by atoms with Crippen molar-refractivity contribution >= 4 is 49.3 Å². The number of anilines is 1. The Morgan fingerprint density at radius 1 is 1.53 bits per heavy atom. The van der Waals surface area contributed by atoms with Crippen LogP contribution < -0.4 is 5.32 Å². The van der Waals surface area contributed by atoms with Crippen LogP contribution in [-0.2, 0) is 0 Å². The molecule has 84 valence electrons. The molecular weight excluding hydrogens is 343 g/mol. The Hall–Kier alpha value is 0.200. The first kappa shape index (κ1) is 13.3. The maximum atomic E-state index is 6.04. The first-order valence-electron chi connectivity index (χ1n) is 4.70. The van der Waals surface area contributed by atoms with Gasteiger partial charge in [-0.15, -0.1) is 0 Å². The van der Waals surface area contributed by atoms with Gasteiger partial charge in [0.05, 0.1) is 5.02 Å². The van der Waals surface area contributed by atoms with Crippen LogP contribution >= 0.6 is 43.5 Å². The lowest BCUT2D eigenvalue weighted by Gasteiger charge is -2.16. The highest BCUT2D eigenvalue weighted by Gasteiger charge is 2.09. The van der Waals surface area contributed by atoms with Crippen molar-refractivity contribution in [2.75, 3.05) is 5.32 Å². The van der Waals surface area contributed by atoms with Gasteiger partial charge >= 0.3 is 0 Å². The summed E-state index contributed by atoms with van der Waals surface area (Å²) in [5, 5.41) is 3.91. The Kier molecular flexibility index (Phi) is 5.36. The first-order chi connectivity index (χ1) is 6.99. The summed E-state index contributed by atoms with van der Waals surface area (Å²) in [5.74, 6) is 0.737. The average Bonchev–Trinajstić information content (AvgIpc) is 2.08. The number of nitrogens with zero attached hydrogens (tertiary/aromatic N) is 1. The van der Waals surface area contributed by atoms with E-state index in [1.54, 1.807) is 6.20 Å². The van der Waals surface area contributed by atoms with Crippen LogP contribution in [0.1, 0.15) is 20.3 Å². The summed E-state index contributed by atoms with van der Waals surface area (Å²) < 4.78 is 0.888. The molecule has 0 amide bonds. The number of aromatic nitrogens is 1. The van der Waals surface area contributed by atoms with Crippen LogP contribution in [0.4, 0.5) is 5.82 Å². The lowest BCUT2D eigenvalue weighted by molar-refractivity contribution is 0.705. The van der Waals surface area contributed by atoms with Crippen molar-refractivity contribution in [2.45, 2.75) is 31.1 Å². The summed E-state index contributed by atoms with van der Waals surface area (Å²) in [7, 11) is 0. The van der Waals surface area contributed by atoms with Crippen molar-refractivity contribution in [3.8, 4) is 0 Å². The molecule has 1 aromatic heterocycles. The fourth-order valence-electron chi connectivity index (χ4n) is 1.30. The maximum Gasteiger partial charge on any atom is 0.145 e. The maximum absolute atomic E-state index is 6.04. The number of alkyl halides is 1. The van der Waals surface area contributed by atoms with Crippen LogP contribution in [0.3, 0.4) is 0 Å². The van der Waals surface area contributed by atoms with Crippen LogP contribution in [0.5, 0.6) is 0 Å². The molecule has 0 fully saturated rings. The van der Waals surface area contributed by atoms with Gasteiger partial charge in [0.2, 0.25) is 0 Å². The van der Waals surface area contributed by atoms with E-state index in [9.17, 15) is 0 Å². The quantitative estimate of drug-likeness (QED) is 0.805. The lowest BCUT2D eigenvalue weighted by atomic mass is 10.2. The normalized spacial score (nSPS) is 14.7. The Bertz CT molecular complexity index is 331. The van der Waals surface area contributed by atoms with Crippen molar-refractivity contribution in [3.63, 3.8) is 0 Å². The van der Waals surface area contributed by atoms with E-state index in [4.69, 9.17) is 11.6 Å². The molecule has 2 nitrogen and oxygen atoms in total. The molecule has 2 unspecified atom stereocenters. The minimum Gasteiger partial charge on any atom is -0.366 e. The topological polar surface area (TPSA) is 24.9 Å². The lowest BCUT2D eigenvalue weighted by Crippen LogP contribution is -2.19. The molecule has 1 rings (SSSR count). The molecular formula is C10H13Br2ClN2. The van der Waals surface area contributed by atoms with E-state index in [2.05, 4.69) is 56.0 Å². The highest BCUT2D eigenvalue weighted by Crippen LogP contribution is 2.24. The van der Waals surface area contributed by atoms with Gasteiger partial charge in [0, 0.05) is 21.5 Å². The van der Waals surface area contributed by atoms with E-state index in [0.717, 1.165) is 16.7 Å². The second kappa shape index (κ2) is 6.06. The molecule has 1 N–H and O–H groups in total. The summed E-state index contributed by atoms with van der Waals surface area (Å²) >= 11 is 12.9. The Morgan fingerprint density at radius 3 is 2.73 bits per heavy atom. The second-order valence-corrected chi connectivity index (χ2v) is 6.43. The van der Waals surface area contributed by atoms with Crippen LogP contribution in [0.2, 0.25) is 5.02 Å². The smallest absolute Gasteiger partial charge is 0.145 e. The predicted octanol–water partition coefficient (Wildman–Crippen LogP) is 4.47. The largest absolute Gasteiger partial charge is 0.366 e. The van der Waals surface area contributed by atoms with Gasteiger partial charge in [-0.1, -0.05) is 34.5 Å². The molecule has 0 aromatic carbocycles. The Labute approximate surface area is 112 Å². The van der Waals surface area contributed by atoms with Gasteiger partial charge in [-0.05, 0) is 35.3 Å². The van der Waals surface area contributed by atoms with E-state index in [0.29, 0.717) is 15.9 Å². The number of halogens is 3. The highest BCUT2D eigenvalue weighted by molar-refractivity contribution is 9.10. The van der Waals surface area contributed by atoms with Crippen LogP contribution in [0, 0.1) is 0 Å². The Morgan fingerprint density at radius 2 is 2.20 bits per heavy atom. The summed E-state index contributed by atoms with van der Waals surface area (Å²) in [6.07, 6.45) is 2.76. The molecule has 5 heteroatoms. The number of hydrogen-bond donors (Lipinski definition) is 1. The molecule has 0 aliphatic heterocycles. The van der Waals surface area contributed by atoms with E-state index in [-0.39, 0.29) is 0 Å². The van der Waals surface area contributed by atoms with Crippen molar-refractivity contribution in [2.24, 2.45) is 0 Å². The number of nitrogens with one attached hydrogen (secondary N) is 1. The zero-order valence-electron chi connectivity index (χ0n) is 8.60. The molecule has 2 atom stereocenters. The molecule has 0 saturated heterocycles. The third kappa shape index (κ3) is 4.70. The molecule has 1 aromatic rings. The zero-order chi connectivity index (χ0) is 11.4. The minimum absolute atomic E-state index is 0.338. The van der Waals surface area contributed by atoms with E-state index in [1.807, 2.05) is 6.07 Å². The van der Waals surface area contributed by atoms with Crippen molar-refractivity contribution < 1.29 is 0 Å². The van der Waals surface area contributed by atoms with E-state index >= 15 is 0 Å². The summed E-state index contributed by atoms with van der Waals surface area (Å²) in [6, 6.07) is 2.17. The number of pyridine rings is 1. The van der Waals surface area contributed by atoms with Gasteiger partial charge in [-0.25, -0.2) is 4.98 Å². The van der Waals surface area contributed by atoms with Crippen molar-refractivity contribution in [1.82, 2.24) is 4.98 Å². The van der Waals surface area contributed by atoms with Gasteiger partial charge in [0.15, 0.2) is 0 Å². The minimum atomic E-state index is 0.338. The molecule has 0 aliphatic rings. The summed E-state index contributed by atoms with van der Waals surface area (Å²) in [6.45, 7) is 4.23. The molecule has 15 heavy (non-hydrogen) atoms. The number of rotatable bonds is 4. The van der Waals surface area contributed by atoms with Gasteiger partial charge in [-0.3, -0.25) is 0 Å². The van der Waals surface area contributed by atoms with E-state index < -0.39 is 0 Å². The fourth-order valence-corrected chi connectivity index (χ4v) is 2.55. The molecule has 0 saturated carbocycles. The second-order valence-electron chi connectivity index (χ2n) is 3.55. The molecule has 0 spiro atoms. The summed E-state index contributed by atoms with van der Waals surface area (Å²) in [4.78, 5) is 4.70. The fraction of sp³-hybridized carbons (Fsp3) is 0.500. The van der Waals surface area contributed by atoms with Gasteiger partial charge < -0.3 is 5.32 Å². The Balaban J connectivity index is 2.64. The first-order valence-corrected chi connectivity index (χ1v) is 6.79. The van der Waals surface area contributed by atoms with Gasteiger partial charge in [-0.2, -0.15) is 0 Å². The standard InChI is InChI=1S/C10H13Br2ClN2/c1-6(11)3-7(2)15-10-9(13)4-8(12)5-14-10/h4-7H,3H2,1-2H3,(H,14,15). The third-order valence-corrected chi connectivity index (χ3v) is 2.96. The van der Waals surface area contributed by atoms with Crippen molar-refractivity contribution in [3.05, 3.63) is 21.8 Å². The molecule has 0 aliphatic carbocycles. The monoisotopic (exact) mass is 354 g/mol. The molecule has 1 heterocycles. The van der Waals surface area contributed by atoms with Crippen LogP contribution in [-0.4, -0.2) is 15.9 Å². The number of hydrogen-bond acceptors (Lipinski definition) is 2. The van der Waals surface area contributed by atoms with Crippen molar-refractivity contribution in [1.29, 1.82) is 0 Å². The van der Waals surface area contributed by atoms with Gasteiger partial charge in [0.25, 0.3) is 0 Å². The molecule has 0 radical (unpaired) electrons. The zero-order valence-corrected chi connectivity index (χ0v) is 12.5. The average molecular weight is 356 g/mol. The predicted molar refractivity (Wildman–Crippen MR) is 73.0 cm³/mol. The highest BCUT2D eigenvalue weighted by atomic mass is 79.9. The summed E-state index contributed by atoms with van der Waals surface area (Å²) in [5.41, 5.74) is 0.